The summed E-state index contributed by atoms with van der Waals surface area (Å²) < 4.78 is 3.40. The fourth-order valence-corrected chi connectivity index (χ4v) is 1.38. The molecular weight excluding hydrogens is 248 g/mol. The van der Waals surface area contributed by atoms with Gasteiger partial charge in [0.1, 0.15) is 24.7 Å². The predicted octanol–water partition coefficient (Wildman–Crippen LogP) is -0.137. The minimum absolute atomic E-state index is 0.466. The third kappa shape index (κ3) is 4.14. The van der Waals surface area contributed by atoms with Gasteiger partial charge in [-0.25, -0.2) is 19.3 Å². The van der Waals surface area contributed by atoms with E-state index in [-0.39, 0.29) is 0 Å². The minimum atomic E-state index is 0.466. The van der Waals surface area contributed by atoms with Crippen molar-refractivity contribution in [1.29, 1.82) is 0 Å². The van der Waals surface area contributed by atoms with Crippen molar-refractivity contribution in [3.63, 3.8) is 0 Å². The van der Waals surface area contributed by atoms with Crippen LogP contribution in [0.5, 0.6) is 0 Å². The van der Waals surface area contributed by atoms with Gasteiger partial charge in [0.15, 0.2) is 5.82 Å². The van der Waals surface area contributed by atoms with Crippen molar-refractivity contribution in [2.45, 2.75) is 33.5 Å². The van der Waals surface area contributed by atoms with Gasteiger partial charge < -0.3 is 10.9 Å². The highest BCUT2D eigenvalue weighted by molar-refractivity contribution is 5.73. The first-order chi connectivity index (χ1) is 9.26. The van der Waals surface area contributed by atoms with E-state index < -0.39 is 0 Å². The molecule has 0 aliphatic heterocycles. The molecule has 0 unspecified atom stereocenters. The molecule has 0 bridgehead atoms. The number of aromatic nitrogens is 6. The molecule has 2 aromatic rings. The van der Waals surface area contributed by atoms with E-state index in [0.29, 0.717) is 12.4 Å². The quantitative estimate of drug-likeness (QED) is 0.451. The average Bonchev–Trinajstić information content (AvgIpc) is 3.07. The molecule has 9 heteroatoms. The van der Waals surface area contributed by atoms with Crippen LogP contribution in [0, 0.1) is 0 Å². The second kappa shape index (κ2) is 7.93. The lowest BCUT2D eigenvalue weighted by Gasteiger charge is -1.96. The largest absolute Gasteiger partial charge is 0.411 e. The summed E-state index contributed by atoms with van der Waals surface area (Å²) in [6.07, 6.45) is 4.18. The van der Waals surface area contributed by atoms with Crippen molar-refractivity contribution in [1.82, 2.24) is 29.5 Å². The SMILES string of the molecule is CCn1ncnc1/C=N/O.CCn1ncnc1CN. The Morgan fingerprint density at radius 1 is 1.21 bits per heavy atom. The van der Waals surface area contributed by atoms with Crippen LogP contribution in [0.3, 0.4) is 0 Å². The first-order valence-corrected chi connectivity index (χ1v) is 5.88. The van der Waals surface area contributed by atoms with Crippen LogP contribution in [0.1, 0.15) is 25.5 Å². The summed E-state index contributed by atoms with van der Waals surface area (Å²) in [6.45, 7) is 5.97. The average molecular weight is 266 g/mol. The zero-order valence-electron chi connectivity index (χ0n) is 11.0. The van der Waals surface area contributed by atoms with Crippen LogP contribution in [0.4, 0.5) is 0 Å². The van der Waals surface area contributed by atoms with Crippen LogP contribution in [0.25, 0.3) is 0 Å². The summed E-state index contributed by atoms with van der Waals surface area (Å²) in [6, 6.07) is 0. The number of hydrogen-bond acceptors (Lipinski definition) is 7. The van der Waals surface area contributed by atoms with Crippen molar-refractivity contribution in [2.24, 2.45) is 10.9 Å². The molecule has 0 spiro atoms. The number of nitrogens with zero attached hydrogens (tertiary/aromatic N) is 7. The number of rotatable bonds is 4. The highest BCUT2D eigenvalue weighted by Crippen LogP contribution is 1.89. The van der Waals surface area contributed by atoms with E-state index in [1.807, 2.05) is 13.8 Å². The zero-order valence-corrected chi connectivity index (χ0v) is 11.0. The Balaban J connectivity index is 0.000000191. The summed E-state index contributed by atoms with van der Waals surface area (Å²) in [5, 5.41) is 18.8. The van der Waals surface area contributed by atoms with Crippen LogP contribution in [-0.4, -0.2) is 41.0 Å². The fourth-order valence-electron chi connectivity index (χ4n) is 1.38. The lowest BCUT2D eigenvalue weighted by Crippen LogP contribution is -2.08. The number of nitrogens with two attached hydrogens (primary N) is 1. The number of aryl methyl sites for hydroxylation is 2. The van der Waals surface area contributed by atoms with E-state index in [4.69, 9.17) is 10.9 Å². The molecule has 0 amide bonds. The van der Waals surface area contributed by atoms with Crippen molar-refractivity contribution >= 4 is 6.21 Å². The molecular formula is C10H18N8O. The molecule has 9 nitrogen and oxygen atoms in total. The van der Waals surface area contributed by atoms with Crippen LogP contribution in [-0.2, 0) is 19.6 Å². The topological polar surface area (TPSA) is 120 Å². The van der Waals surface area contributed by atoms with E-state index in [0.717, 1.165) is 18.9 Å². The summed E-state index contributed by atoms with van der Waals surface area (Å²) in [5.41, 5.74) is 5.35. The van der Waals surface area contributed by atoms with Crippen molar-refractivity contribution in [3.05, 3.63) is 24.3 Å². The third-order valence-electron chi connectivity index (χ3n) is 2.30. The Morgan fingerprint density at radius 3 is 2.37 bits per heavy atom. The normalized spacial score (nSPS) is 10.5. The number of hydrogen-bond donors (Lipinski definition) is 2. The standard InChI is InChI=1S/C5H8N4O.C5H10N4/c1-2-9-5(3-8-10)6-4-7-9;1-2-9-5(3-6)7-4-8-9/h3-4,10H,2H2,1H3;4H,2-3,6H2,1H3/b8-3+;. The van der Waals surface area contributed by atoms with Gasteiger partial charge in [0.2, 0.25) is 0 Å². The minimum Gasteiger partial charge on any atom is -0.411 e. The molecule has 0 saturated heterocycles. The Hall–Kier alpha value is -2.29. The first kappa shape index (κ1) is 14.8. The second-order valence-electron chi connectivity index (χ2n) is 3.37. The molecule has 0 fully saturated rings. The molecule has 104 valence electrons. The van der Waals surface area contributed by atoms with Gasteiger partial charge in [-0.1, -0.05) is 5.16 Å². The van der Waals surface area contributed by atoms with Crippen LogP contribution < -0.4 is 5.73 Å². The van der Waals surface area contributed by atoms with Crippen molar-refractivity contribution in [2.75, 3.05) is 0 Å². The van der Waals surface area contributed by atoms with Gasteiger partial charge in [-0.3, -0.25) is 0 Å². The molecule has 2 rings (SSSR count). The van der Waals surface area contributed by atoms with E-state index in [9.17, 15) is 0 Å². The Kier molecular flexibility index (Phi) is 6.16. The smallest absolute Gasteiger partial charge is 0.172 e. The van der Waals surface area contributed by atoms with Crippen molar-refractivity contribution in [3.8, 4) is 0 Å². The number of oxime groups is 1. The first-order valence-electron chi connectivity index (χ1n) is 5.88. The van der Waals surface area contributed by atoms with Crippen LogP contribution >= 0.6 is 0 Å². The fraction of sp³-hybridized carbons (Fsp3) is 0.500. The lowest BCUT2D eigenvalue weighted by atomic mass is 10.6. The summed E-state index contributed by atoms with van der Waals surface area (Å²) in [4.78, 5) is 7.75. The second-order valence-corrected chi connectivity index (χ2v) is 3.37. The maximum Gasteiger partial charge on any atom is 0.172 e. The van der Waals surface area contributed by atoms with Crippen molar-refractivity contribution < 1.29 is 5.21 Å². The zero-order chi connectivity index (χ0) is 14.1. The van der Waals surface area contributed by atoms with Gasteiger partial charge in [-0.2, -0.15) is 10.2 Å². The van der Waals surface area contributed by atoms with E-state index in [1.54, 1.807) is 9.36 Å². The summed E-state index contributed by atoms with van der Waals surface area (Å²) in [5.74, 6) is 1.41. The monoisotopic (exact) mass is 266 g/mol. The van der Waals surface area contributed by atoms with E-state index in [1.165, 1.54) is 18.9 Å². The predicted molar refractivity (Wildman–Crippen MR) is 68.7 cm³/mol. The van der Waals surface area contributed by atoms with E-state index in [2.05, 4.69) is 25.3 Å². The third-order valence-corrected chi connectivity index (χ3v) is 2.30. The Bertz CT molecular complexity index is 485. The van der Waals surface area contributed by atoms with Gasteiger partial charge in [-0.05, 0) is 13.8 Å². The molecule has 0 aliphatic carbocycles. The molecule has 19 heavy (non-hydrogen) atoms. The van der Waals surface area contributed by atoms with Gasteiger partial charge in [0.25, 0.3) is 0 Å². The molecule has 0 radical (unpaired) electrons. The Labute approximate surface area is 110 Å². The van der Waals surface area contributed by atoms with Crippen LogP contribution in [0.15, 0.2) is 17.8 Å². The highest BCUT2D eigenvalue weighted by atomic mass is 16.4. The maximum atomic E-state index is 8.15. The highest BCUT2D eigenvalue weighted by Gasteiger charge is 1.96. The molecule has 0 atom stereocenters. The molecule has 3 N–H and O–H groups in total. The van der Waals surface area contributed by atoms with Crippen LogP contribution in [0.2, 0.25) is 0 Å². The molecule has 2 heterocycles. The van der Waals surface area contributed by atoms with Gasteiger partial charge >= 0.3 is 0 Å². The molecule has 0 saturated carbocycles. The lowest BCUT2D eigenvalue weighted by molar-refractivity contribution is 0.321. The molecule has 0 aromatic carbocycles. The van der Waals surface area contributed by atoms with Gasteiger partial charge in [-0.15, -0.1) is 0 Å². The summed E-state index contributed by atoms with van der Waals surface area (Å²) >= 11 is 0. The summed E-state index contributed by atoms with van der Waals surface area (Å²) in [7, 11) is 0. The molecule has 0 aliphatic rings. The van der Waals surface area contributed by atoms with E-state index >= 15 is 0 Å². The molecule has 2 aromatic heterocycles. The Morgan fingerprint density at radius 2 is 1.84 bits per heavy atom. The van der Waals surface area contributed by atoms with Gasteiger partial charge in [0.05, 0.1) is 6.54 Å². The maximum absolute atomic E-state index is 8.15. The van der Waals surface area contributed by atoms with Gasteiger partial charge in [0, 0.05) is 13.1 Å².